The van der Waals surface area contributed by atoms with E-state index in [0.29, 0.717) is 12.8 Å². The molecule has 31 heavy (non-hydrogen) atoms. The zero-order chi connectivity index (χ0) is 22.6. The second kappa shape index (κ2) is 9.56. The van der Waals surface area contributed by atoms with E-state index < -0.39 is 46.6 Å². The van der Waals surface area contributed by atoms with Crippen molar-refractivity contribution >= 4 is 22.0 Å². The van der Waals surface area contributed by atoms with Gasteiger partial charge in [0.05, 0.1) is 13.0 Å². The molecule has 7 nitrogen and oxygen atoms in total. The Morgan fingerprint density at radius 2 is 1.77 bits per heavy atom. The third-order valence-electron chi connectivity index (χ3n) is 5.71. The summed E-state index contributed by atoms with van der Waals surface area (Å²) in [5.41, 5.74) is -4.77. The van der Waals surface area contributed by atoms with Crippen molar-refractivity contribution in [2.45, 2.75) is 62.7 Å². The third kappa shape index (κ3) is 5.57. The topological polar surface area (TPSA) is 90.0 Å². The van der Waals surface area contributed by atoms with Crippen LogP contribution in [-0.4, -0.2) is 49.4 Å². The Morgan fingerprint density at radius 3 is 2.45 bits per heavy atom. The molecule has 0 radical (unpaired) electrons. The van der Waals surface area contributed by atoms with Gasteiger partial charge in [0.2, 0.25) is 5.91 Å². The molecule has 3 rings (SSSR count). The highest BCUT2D eigenvalue weighted by Gasteiger charge is 2.49. The van der Waals surface area contributed by atoms with E-state index in [4.69, 9.17) is 4.74 Å². The van der Waals surface area contributed by atoms with Crippen LogP contribution in [0.1, 0.15) is 44.1 Å². The van der Waals surface area contributed by atoms with Crippen molar-refractivity contribution < 1.29 is 40.1 Å². The summed E-state index contributed by atoms with van der Waals surface area (Å²) < 4.78 is 68.6. The molecular weight excluding hydrogens is 439 g/mol. The maximum absolute atomic E-state index is 12.8. The zero-order valence-electron chi connectivity index (χ0n) is 16.7. The van der Waals surface area contributed by atoms with E-state index in [1.54, 1.807) is 24.3 Å². The number of ether oxygens (including phenoxy) is 1. The summed E-state index contributed by atoms with van der Waals surface area (Å²) in [7, 11) is -5.77. The van der Waals surface area contributed by atoms with Crippen LogP contribution in [0.3, 0.4) is 0 Å². The molecule has 0 spiro atoms. The molecule has 1 aromatic carbocycles. The minimum Gasteiger partial charge on any atom is -0.459 e. The molecule has 1 heterocycles. The number of halogens is 3. The second-order valence-electron chi connectivity index (χ2n) is 7.73. The first kappa shape index (κ1) is 23.5. The van der Waals surface area contributed by atoms with Gasteiger partial charge in [0.1, 0.15) is 12.6 Å². The molecule has 172 valence electrons. The molecule has 1 aromatic rings. The Balaban J connectivity index is 1.65. The number of esters is 1. The Bertz CT molecular complexity index is 890. The van der Waals surface area contributed by atoms with Crippen LogP contribution in [0.5, 0.6) is 0 Å². The molecule has 0 unspecified atom stereocenters. The van der Waals surface area contributed by atoms with Crippen LogP contribution in [0, 0.1) is 5.92 Å². The fourth-order valence-electron chi connectivity index (χ4n) is 4.29. The summed E-state index contributed by atoms with van der Waals surface area (Å²) in [6.07, 6.45) is 3.21. The average molecular weight is 463 g/mol. The van der Waals surface area contributed by atoms with Gasteiger partial charge in [-0.05, 0) is 30.7 Å². The lowest BCUT2D eigenvalue weighted by molar-refractivity contribution is -0.156. The number of carbonyl (C=O) groups is 2. The van der Waals surface area contributed by atoms with Gasteiger partial charge in [-0.1, -0.05) is 43.2 Å². The van der Waals surface area contributed by atoms with Gasteiger partial charge >= 0.3 is 21.6 Å². The Hall–Kier alpha value is -2.14. The Morgan fingerprint density at radius 1 is 1.10 bits per heavy atom. The number of benzene rings is 1. The highest BCUT2D eigenvalue weighted by Crippen LogP contribution is 2.40. The van der Waals surface area contributed by atoms with E-state index in [-0.39, 0.29) is 18.6 Å². The molecule has 0 aromatic heterocycles. The van der Waals surface area contributed by atoms with Crippen molar-refractivity contribution in [2.24, 2.45) is 5.92 Å². The van der Waals surface area contributed by atoms with Gasteiger partial charge in [0.15, 0.2) is 0 Å². The summed E-state index contributed by atoms with van der Waals surface area (Å²) in [5, 5.41) is 0. The second-order valence-corrected chi connectivity index (χ2v) is 9.34. The van der Waals surface area contributed by atoms with Gasteiger partial charge < -0.3 is 9.64 Å². The number of hydrogen-bond acceptors (Lipinski definition) is 6. The summed E-state index contributed by atoms with van der Waals surface area (Å²) in [5.74, 6) is -1.09. The lowest BCUT2D eigenvalue weighted by Gasteiger charge is -2.33. The monoisotopic (exact) mass is 463 g/mol. The number of alkyl halides is 3. The van der Waals surface area contributed by atoms with Crippen molar-refractivity contribution in [3.8, 4) is 0 Å². The number of nitrogens with zero attached hydrogens (tertiary/aromatic N) is 1. The van der Waals surface area contributed by atoms with Crippen molar-refractivity contribution in [2.75, 3.05) is 6.61 Å². The van der Waals surface area contributed by atoms with Crippen LogP contribution in [0.25, 0.3) is 0 Å². The molecule has 2 aliphatic rings. The average Bonchev–Trinajstić information content (AvgIpc) is 3.11. The van der Waals surface area contributed by atoms with Crippen molar-refractivity contribution in [3.63, 3.8) is 0 Å². The molecule has 2 fully saturated rings. The smallest absolute Gasteiger partial charge is 0.459 e. The number of likely N-dealkylation sites (tertiary alicyclic amines) is 1. The molecule has 0 N–H and O–H groups in total. The minimum absolute atomic E-state index is 0.0421. The van der Waals surface area contributed by atoms with Crippen molar-refractivity contribution in [3.05, 3.63) is 35.9 Å². The van der Waals surface area contributed by atoms with E-state index in [2.05, 4.69) is 4.18 Å². The SMILES string of the molecule is O=C(OCc1ccccc1)[C@@H]1C[C@@H]2CCCC[C@H]2N1C(=O)CCOS(=O)(=O)C(F)(F)F. The quantitative estimate of drug-likeness (QED) is 0.351. The Labute approximate surface area is 178 Å². The number of hydrogen-bond donors (Lipinski definition) is 0. The van der Waals surface area contributed by atoms with Crippen LogP contribution < -0.4 is 0 Å². The van der Waals surface area contributed by atoms with Gasteiger partial charge in [0.25, 0.3) is 0 Å². The summed E-state index contributed by atoms with van der Waals surface area (Å²) in [6.45, 7) is -0.902. The molecule has 1 aliphatic carbocycles. The Kier molecular flexibility index (Phi) is 7.25. The van der Waals surface area contributed by atoms with Crippen molar-refractivity contribution in [1.82, 2.24) is 4.90 Å². The van der Waals surface area contributed by atoms with Crippen LogP contribution in [0.4, 0.5) is 13.2 Å². The van der Waals surface area contributed by atoms with E-state index in [1.807, 2.05) is 6.07 Å². The van der Waals surface area contributed by atoms with Gasteiger partial charge in [-0.3, -0.25) is 8.98 Å². The molecule has 0 bridgehead atoms. The first-order valence-corrected chi connectivity index (χ1v) is 11.5. The van der Waals surface area contributed by atoms with Crippen molar-refractivity contribution in [1.29, 1.82) is 0 Å². The summed E-state index contributed by atoms with van der Waals surface area (Å²) >= 11 is 0. The minimum atomic E-state index is -5.77. The van der Waals surface area contributed by atoms with Crippen LogP contribution in [-0.2, 0) is 35.2 Å². The molecule has 1 saturated heterocycles. The number of rotatable bonds is 7. The number of carbonyl (C=O) groups excluding carboxylic acids is 2. The maximum Gasteiger partial charge on any atom is 0.523 e. The largest absolute Gasteiger partial charge is 0.523 e. The predicted octanol–water partition coefficient (Wildman–Crippen LogP) is 3.15. The predicted molar refractivity (Wildman–Crippen MR) is 103 cm³/mol. The fourth-order valence-corrected chi connectivity index (χ4v) is 4.73. The van der Waals surface area contributed by atoms with Crippen LogP contribution in [0.15, 0.2) is 30.3 Å². The first-order chi connectivity index (χ1) is 14.6. The normalized spacial score (nSPS) is 24.0. The molecule has 1 saturated carbocycles. The van der Waals surface area contributed by atoms with E-state index in [9.17, 15) is 31.2 Å². The number of fused-ring (bicyclic) bond motifs is 1. The molecule has 11 heteroatoms. The highest BCUT2D eigenvalue weighted by atomic mass is 32.2. The summed E-state index contributed by atoms with van der Waals surface area (Å²) in [4.78, 5) is 26.9. The molecule has 3 atom stereocenters. The van der Waals surface area contributed by atoms with E-state index in [0.717, 1.165) is 24.8 Å². The van der Waals surface area contributed by atoms with Gasteiger partial charge in [-0.2, -0.15) is 21.6 Å². The van der Waals surface area contributed by atoms with Crippen LogP contribution >= 0.6 is 0 Å². The number of amides is 1. The van der Waals surface area contributed by atoms with E-state index >= 15 is 0 Å². The lowest BCUT2D eigenvalue weighted by Crippen LogP contribution is -2.47. The fraction of sp³-hybridized carbons (Fsp3) is 0.600. The maximum atomic E-state index is 12.8. The first-order valence-electron chi connectivity index (χ1n) is 10.1. The van der Waals surface area contributed by atoms with Crippen LogP contribution in [0.2, 0.25) is 0 Å². The lowest BCUT2D eigenvalue weighted by atomic mass is 9.84. The standard InChI is InChI=1S/C20H24F3NO6S/c21-20(22,23)31(27,28)30-11-10-18(25)24-16-9-5-4-8-15(16)12-17(24)19(26)29-13-14-6-2-1-3-7-14/h1-3,6-7,15-17H,4-5,8-13H2/t15-,16+,17-/m0/s1. The van der Waals surface area contributed by atoms with Gasteiger partial charge in [0, 0.05) is 6.04 Å². The van der Waals surface area contributed by atoms with E-state index in [1.165, 1.54) is 4.90 Å². The third-order valence-corrected chi connectivity index (χ3v) is 6.75. The molecular formula is C20H24F3NO6S. The molecule has 1 aliphatic heterocycles. The zero-order valence-corrected chi connectivity index (χ0v) is 17.5. The summed E-state index contributed by atoms with van der Waals surface area (Å²) in [6, 6.07) is 7.97. The van der Waals surface area contributed by atoms with Gasteiger partial charge in [-0.15, -0.1) is 0 Å². The highest BCUT2D eigenvalue weighted by molar-refractivity contribution is 7.87. The molecule has 1 amide bonds. The van der Waals surface area contributed by atoms with Gasteiger partial charge in [-0.25, -0.2) is 4.79 Å².